The maximum absolute atomic E-state index is 12.9. The first kappa shape index (κ1) is 19.2. The Bertz CT molecular complexity index is 972. The summed E-state index contributed by atoms with van der Waals surface area (Å²) >= 11 is 0. The van der Waals surface area contributed by atoms with E-state index in [4.69, 9.17) is 9.47 Å². The third-order valence-electron chi connectivity index (χ3n) is 6.86. The van der Waals surface area contributed by atoms with Crippen LogP contribution in [-0.2, 0) is 19.7 Å². The van der Waals surface area contributed by atoms with E-state index < -0.39 is 0 Å². The van der Waals surface area contributed by atoms with Gasteiger partial charge in [-0.2, -0.15) is 0 Å². The van der Waals surface area contributed by atoms with Crippen molar-refractivity contribution in [1.29, 1.82) is 0 Å². The summed E-state index contributed by atoms with van der Waals surface area (Å²) in [6, 6.07) is 15.5. The van der Waals surface area contributed by atoms with Gasteiger partial charge < -0.3 is 14.8 Å². The van der Waals surface area contributed by atoms with E-state index in [1.165, 1.54) is 5.56 Å². The van der Waals surface area contributed by atoms with E-state index in [2.05, 4.69) is 38.2 Å². The van der Waals surface area contributed by atoms with E-state index in [0.29, 0.717) is 11.4 Å². The molecule has 2 aromatic rings. The normalized spacial score (nSPS) is 29.0. The highest BCUT2D eigenvalue weighted by Crippen LogP contribution is 2.57. The minimum absolute atomic E-state index is 0.0467. The van der Waals surface area contributed by atoms with Crippen molar-refractivity contribution in [1.82, 2.24) is 0 Å². The quantitative estimate of drug-likeness (QED) is 0.734. The zero-order valence-corrected chi connectivity index (χ0v) is 17.6. The maximum Gasteiger partial charge on any atom is 0.310 e. The SMILES string of the molecule is CC(C)(C)c1ccc(Oc2ccc(NC(=O)[C@@H]3[C@@H]4C[C@@H]5[C@H]3C(=O)O[C@H]5C4)cc2)cc1. The van der Waals surface area contributed by atoms with Crippen LogP contribution >= 0.6 is 0 Å². The largest absolute Gasteiger partial charge is 0.462 e. The number of hydrogen-bond acceptors (Lipinski definition) is 4. The van der Waals surface area contributed by atoms with Crippen molar-refractivity contribution in [3.05, 3.63) is 54.1 Å². The maximum atomic E-state index is 12.9. The summed E-state index contributed by atoms with van der Waals surface area (Å²) in [6.07, 6.45) is 1.80. The lowest BCUT2D eigenvalue weighted by Crippen LogP contribution is -2.35. The molecule has 2 aliphatic carbocycles. The Morgan fingerprint density at radius 2 is 1.63 bits per heavy atom. The van der Waals surface area contributed by atoms with Crippen LogP contribution in [0.5, 0.6) is 11.5 Å². The molecule has 3 fully saturated rings. The minimum Gasteiger partial charge on any atom is -0.462 e. The average molecular weight is 405 g/mol. The fourth-order valence-electron chi connectivity index (χ4n) is 5.35. The van der Waals surface area contributed by atoms with Gasteiger partial charge in [0, 0.05) is 11.6 Å². The number of hydrogen-bond donors (Lipinski definition) is 1. The molecule has 3 aliphatic rings. The predicted octanol–water partition coefficient (Wildman–Crippen LogP) is 4.91. The van der Waals surface area contributed by atoms with Crippen molar-refractivity contribution in [2.75, 3.05) is 5.32 Å². The number of carbonyl (C=O) groups excluding carboxylic acids is 2. The van der Waals surface area contributed by atoms with Crippen LogP contribution in [0.15, 0.2) is 48.5 Å². The molecule has 5 nitrogen and oxygen atoms in total. The number of nitrogens with one attached hydrogen (secondary N) is 1. The lowest BCUT2D eigenvalue weighted by atomic mass is 9.79. The Balaban J connectivity index is 1.22. The Morgan fingerprint density at radius 3 is 2.27 bits per heavy atom. The van der Waals surface area contributed by atoms with Gasteiger partial charge in [0.15, 0.2) is 0 Å². The second-order valence-electron chi connectivity index (χ2n) is 9.81. The van der Waals surface area contributed by atoms with Crippen molar-refractivity contribution in [3.8, 4) is 11.5 Å². The Labute approximate surface area is 176 Å². The van der Waals surface area contributed by atoms with Crippen molar-refractivity contribution >= 4 is 17.6 Å². The average Bonchev–Trinajstić information content (AvgIpc) is 3.32. The van der Waals surface area contributed by atoms with Gasteiger partial charge in [0.2, 0.25) is 5.91 Å². The first-order valence-corrected chi connectivity index (χ1v) is 10.7. The zero-order chi connectivity index (χ0) is 21.0. The molecule has 1 amide bonds. The number of benzene rings is 2. The summed E-state index contributed by atoms with van der Waals surface area (Å²) in [5.41, 5.74) is 2.07. The third kappa shape index (κ3) is 3.26. The summed E-state index contributed by atoms with van der Waals surface area (Å²) < 4.78 is 11.4. The first-order valence-electron chi connectivity index (χ1n) is 10.7. The smallest absolute Gasteiger partial charge is 0.310 e. The Morgan fingerprint density at radius 1 is 1.00 bits per heavy atom. The number of ether oxygens (including phenoxy) is 2. The summed E-state index contributed by atoms with van der Waals surface area (Å²) in [6.45, 7) is 6.54. The molecular formula is C25H27NO4. The number of amides is 1. The molecule has 5 rings (SSSR count). The van der Waals surface area contributed by atoms with Crippen LogP contribution in [0, 0.1) is 23.7 Å². The minimum atomic E-state index is -0.265. The molecule has 1 N–H and O–H groups in total. The Kier molecular flexibility index (Phi) is 4.38. The fraction of sp³-hybridized carbons (Fsp3) is 0.440. The monoisotopic (exact) mass is 405 g/mol. The van der Waals surface area contributed by atoms with Crippen molar-refractivity contribution < 1.29 is 19.1 Å². The molecule has 0 spiro atoms. The van der Waals surface area contributed by atoms with E-state index in [-0.39, 0.29) is 47.1 Å². The van der Waals surface area contributed by atoms with Crippen LogP contribution in [-0.4, -0.2) is 18.0 Å². The number of esters is 1. The van der Waals surface area contributed by atoms with Crippen molar-refractivity contribution in [3.63, 3.8) is 0 Å². The summed E-state index contributed by atoms with van der Waals surface area (Å²) in [5, 5.41) is 2.98. The number of anilines is 1. The van der Waals surface area contributed by atoms with E-state index in [0.717, 1.165) is 18.6 Å². The summed E-state index contributed by atoms with van der Waals surface area (Å²) in [5.74, 6) is 1.19. The van der Waals surface area contributed by atoms with Gasteiger partial charge in [-0.25, -0.2) is 0 Å². The topological polar surface area (TPSA) is 64.6 Å². The van der Waals surface area contributed by atoms with Crippen LogP contribution in [0.25, 0.3) is 0 Å². The van der Waals surface area contributed by atoms with Crippen LogP contribution in [0.2, 0.25) is 0 Å². The highest BCUT2D eigenvalue weighted by molar-refractivity contribution is 5.97. The van der Waals surface area contributed by atoms with Gasteiger partial charge in [-0.1, -0.05) is 32.9 Å². The van der Waals surface area contributed by atoms with E-state index >= 15 is 0 Å². The second kappa shape index (κ2) is 6.86. The molecule has 5 heteroatoms. The number of rotatable bonds is 4. The van der Waals surface area contributed by atoms with Gasteiger partial charge in [-0.3, -0.25) is 9.59 Å². The number of carbonyl (C=O) groups is 2. The molecule has 5 atom stereocenters. The fourth-order valence-corrected chi connectivity index (χ4v) is 5.35. The lowest BCUT2D eigenvalue weighted by Gasteiger charge is -2.23. The molecule has 1 saturated heterocycles. The second-order valence-corrected chi connectivity index (χ2v) is 9.81. The van der Waals surface area contributed by atoms with Gasteiger partial charge in [0.05, 0.1) is 11.8 Å². The van der Waals surface area contributed by atoms with Gasteiger partial charge in [0.1, 0.15) is 17.6 Å². The van der Waals surface area contributed by atoms with E-state index in [9.17, 15) is 9.59 Å². The van der Waals surface area contributed by atoms with Crippen molar-refractivity contribution in [2.45, 2.75) is 45.1 Å². The van der Waals surface area contributed by atoms with Gasteiger partial charge >= 0.3 is 5.97 Å². The summed E-state index contributed by atoms with van der Waals surface area (Å²) in [7, 11) is 0. The standard InChI is InChI=1S/C25H27NO4/c1-25(2,3)15-4-8-17(9-5-15)29-18-10-6-16(7-11-18)26-23(27)21-14-12-19-20(13-14)30-24(28)22(19)21/h4-11,14,19-22H,12-13H2,1-3H3,(H,26,27)/t14-,19+,20+,21-,22-/m1/s1. The predicted molar refractivity (Wildman–Crippen MR) is 113 cm³/mol. The van der Waals surface area contributed by atoms with Crippen LogP contribution < -0.4 is 10.1 Å². The molecular weight excluding hydrogens is 378 g/mol. The van der Waals surface area contributed by atoms with Gasteiger partial charge in [-0.15, -0.1) is 0 Å². The molecule has 2 saturated carbocycles. The van der Waals surface area contributed by atoms with Gasteiger partial charge in [-0.05, 0) is 66.1 Å². The number of fused-ring (bicyclic) bond motifs is 1. The zero-order valence-electron chi connectivity index (χ0n) is 17.6. The van der Waals surface area contributed by atoms with E-state index in [1.54, 1.807) is 0 Å². The third-order valence-corrected chi connectivity index (χ3v) is 6.86. The van der Waals surface area contributed by atoms with E-state index in [1.807, 2.05) is 36.4 Å². The molecule has 30 heavy (non-hydrogen) atoms. The molecule has 0 unspecified atom stereocenters. The molecule has 1 heterocycles. The highest BCUT2D eigenvalue weighted by atomic mass is 16.6. The van der Waals surface area contributed by atoms with Crippen LogP contribution in [0.1, 0.15) is 39.2 Å². The molecule has 0 radical (unpaired) electrons. The molecule has 2 bridgehead atoms. The Hall–Kier alpha value is -2.82. The lowest BCUT2D eigenvalue weighted by molar-refractivity contribution is -0.145. The molecule has 1 aliphatic heterocycles. The van der Waals surface area contributed by atoms with Crippen LogP contribution in [0.4, 0.5) is 5.69 Å². The summed E-state index contributed by atoms with van der Waals surface area (Å²) in [4.78, 5) is 25.0. The highest BCUT2D eigenvalue weighted by Gasteiger charge is 2.63. The van der Waals surface area contributed by atoms with Gasteiger partial charge in [0.25, 0.3) is 0 Å². The molecule has 156 valence electrons. The molecule has 0 aromatic heterocycles. The first-order chi connectivity index (χ1) is 14.3. The molecule has 2 aromatic carbocycles. The van der Waals surface area contributed by atoms with Crippen molar-refractivity contribution in [2.24, 2.45) is 23.7 Å². The van der Waals surface area contributed by atoms with Crippen LogP contribution in [0.3, 0.4) is 0 Å².